The third kappa shape index (κ3) is 4.84. The van der Waals surface area contributed by atoms with Gasteiger partial charge in [0.2, 0.25) is 0 Å². The van der Waals surface area contributed by atoms with Crippen molar-refractivity contribution in [1.29, 1.82) is 0 Å². The molecule has 0 bridgehead atoms. The molecule has 3 rings (SSSR count). The van der Waals surface area contributed by atoms with Crippen molar-refractivity contribution in [2.45, 2.75) is 6.92 Å². The van der Waals surface area contributed by atoms with Crippen molar-refractivity contribution >= 4 is 39.8 Å². The molecule has 1 amide bonds. The van der Waals surface area contributed by atoms with Gasteiger partial charge in [-0.2, -0.15) is 5.10 Å². The number of anilines is 2. The number of ether oxygens (including phenoxy) is 1. The molecule has 0 radical (unpaired) electrons. The normalized spacial score (nSPS) is 14.2. The molecule has 9 nitrogen and oxygen atoms in total. The molecule has 1 saturated heterocycles. The minimum absolute atomic E-state index is 0.146. The minimum Gasteiger partial charge on any atom is -0.380 e. The number of morpholine rings is 1. The SMILES string of the molecule is CCNc1ccc(C(=O)N/N=C/c2ccc(N3CCOCC3)s2)cc1[N+](=O)[O-]. The average Bonchev–Trinajstić information content (AvgIpc) is 3.18. The topological polar surface area (TPSA) is 109 Å². The first kappa shape index (κ1) is 19.8. The lowest BCUT2D eigenvalue weighted by molar-refractivity contribution is -0.384. The molecule has 0 unspecified atom stereocenters. The van der Waals surface area contributed by atoms with Gasteiger partial charge in [0.15, 0.2) is 0 Å². The molecular weight excluding hydrogens is 382 g/mol. The maximum Gasteiger partial charge on any atom is 0.293 e. The monoisotopic (exact) mass is 403 g/mol. The molecule has 1 aliphatic heterocycles. The number of carbonyl (C=O) groups excluding carboxylic acids is 1. The van der Waals surface area contributed by atoms with Crippen LogP contribution in [0, 0.1) is 10.1 Å². The molecule has 28 heavy (non-hydrogen) atoms. The highest BCUT2D eigenvalue weighted by Crippen LogP contribution is 2.26. The molecule has 1 aliphatic rings. The summed E-state index contributed by atoms with van der Waals surface area (Å²) in [5.41, 5.74) is 2.82. The van der Waals surface area contributed by atoms with Gasteiger partial charge in [-0.15, -0.1) is 11.3 Å². The van der Waals surface area contributed by atoms with Gasteiger partial charge in [-0.05, 0) is 31.2 Å². The molecule has 0 saturated carbocycles. The van der Waals surface area contributed by atoms with E-state index in [-0.39, 0.29) is 11.3 Å². The van der Waals surface area contributed by atoms with Crippen LogP contribution in [-0.4, -0.2) is 49.9 Å². The van der Waals surface area contributed by atoms with E-state index in [1.807, 2.05) is 19.1 Å². The van der Waals surface area contributed by atoms with E-state index >= 15 is 0 Å². The molecule has 0 spiro atoms. The van der Waals surface area contributed by atoms with Crippen LogP contribution >= 0.6 is 11.3 Å². The molecule has 10 heteroatoms. The van der Waals surface area contributed by atoms with Gasteiger partial charge in [0, 0.05) is 36.1 Å². The lowest BCUT2D eigenvalue weighted by Gasteiger charge is -2.27. The van der Waals surface area contributed by atoms with Crippen LogP contribution in [0.25, 0.3) is 0 Å². The van der Waals surface area contributed by atoms with Crippen molar-refractivity contribution in [3.63, 3.8) is 0 Å². The van der Waals surface area contributed by atoms with E-state index in [0.717, 1.165) is 36.2 Å². The van der Waals surface area contributed by atoms with Crippen molar-refractivity contribution in [3.8, 4) is 0 Å². The van der Waals surface area contributed by atoms with Crippen LogP contribution < -0.4 is 15.6 Å². The molecule has 1 fully saturated rings. The Balaban J connectivity index is 1.63. The highest BCUT2D eigenvalue weighted by molar-refractivity contribution is 7.17. The van der Waals surface area contributed by atoms with Gasteiger partial charge in [-0.1, -0.05) is 0 Å². The fourth-order valence-electron chi connectivity index (χ4n) is 2.75. The molecule has 2 heterocycles. The Morgan fingerprint density at radius 1 is 1.36 bits per heavy atom. The Morgan fingerprint density at radius 2 is 2.14 bits per heavy atom. The molecule has 1 aromatic carbocycles. The second kappa shape index (κ2) is 9.29. The number of nitro groups is 1. The first-order valence-corrected chi connectivity index (χ1v) is 9.68. The number of nitro benzene ring substituents is 1. The summed E-state index contributed by atoms with van der Waals surface area (Å²) < 4.78 is 5.35. The molecule has 0 aliphatic carbocycles. The third-order valence-corrected chi connectivity index (χ3v) is 5.20. The Morgan fingerprint density at radius 3 is 2.86 bits per heavy atom. The summed E-state index contributed by atoms with van der Waals surface area (Å²) >= 11 is 1.57. The van der Waals surface area contributed by atoms with Gasteiger partial charge in [0.05, 0.1) is 29.4 Å². The van der Waals surface area contributed by atoms with Crippen molar-refractivity contribution in [3.05, 3.63) is 50.9 Å². The largest absolute Gasteiger partial charge is 0.380 e. The Kier molecular flexibility index (Phi) is 6.56. The van der Waals surface area contributed by atoms with E-state index in [2.05, 4.69) is 20.7 Å². The fourth-order valence-corrected chi connectivity index (χ4v) is 3.68. The highest BCUT2D eigenvalue weighted by Gasteiger charge is 2.17. The molecule has 148 valence electrons. The Bertz CT molecular complexity index is 877. The third-order valence-electron chi connectivity index (χ3n) is 4.12. The maximum absolute atomic E-state index is 12.2. The predicted molar refractivity (Wildman–Crippen MR) is 110 cm³/mol. The Hall–Kier alpha value is -2.98. The number of amides is 1. The fraction of sp³-hybridized carbons (Fsp3) is 0.333. The molecule has 1 aromatic heterocycles. The molecule has 2 aromatic rings. The van der Waals surface area contributed by atoms with Crippen molar-refractivity contribution in [1.82, 2.24) is 5.43 Å². The molecule has 0 atom stereocenters. The van der Waals surface area contributed by atoms with Crippen LogP contribution in [0.2, 0.25) is 0 Å². The first-order valence-electron chi connectivity index (χ1n) is 8.86. The van der Waals surface area contributed by atoms with Crippen molar-refractivity contribution in [2.24, 2.45) is 5.10 Å². The van der Waals surface area contributed by atoms with Gasteiger partial charge in [0.1, 0.15) is 5.69 Å². The quantitative estimate of drug-likeness (QED) is 0.418. The van der Waals surface area contributed by atoms with E-state index in [9.17, 15) is 14.9 Å². The molecular formula is C18H21N5O4S. The van der Waals surface area contributed by atoms with Gasteiger partial charge in [0.25, 0.3) is 11.6 Å². The lowest BCUT2D eigenvalue weighted by atomic mass is 10.1. The number of benzene rings is 1. The van der Waals surface area contributed by atoms with Crippen molar-refractivity contribution in [2.75, 3.05) is 43.1 Å². The summed E-state index contributed by atoms with van der Waals surface area (Å²) in [5.74, 6) is -0.507. The van der Waals surface area contributed by atoms with E-state index in [1.54, 1.807) is 17.6 Å². The smallest absolute Gasteiger partial charge is 0.293 e. The van der Waals surface area contributed by atoms with Crippen LogP contribution in [0.1, 0.15) is 22.2 Å². The summed E-state index contributed by atoms with van der Waals surface area (Å²) in [5, 5.41) is 19.2. The maximum atomic E-state index is 12.2. The summed E-state index contributed by atoms with van der Waals surface area (Å²) in [6, 6.07) is 8.24. The second-order valence-corrected chi connectivity index (χ2v) is 7.09. The summed E-state index contributed by atoms with van der Waals surface area (Å²) in [4.78, 5) is 26.1. The Labute approximate surface area is 166 Å². The van der Waals surface area contributed by atoms with E-state index in [4.69, 9.17) is 4.74 Å². The van der Waals surface area contributed by atoms with Gasteiger partial charge in [-0.3, -0.25) is 14.9 Å². The number of carbonyl (C=O) groups is 1. The zero-order valence-electron chi connectivity index (χ0n) is 15.4. The van der Waals surface area contributed by atoms with Crippen LogP contribution in [-0.2, 0) is 4.74 Å². The van der Waals surface area contributed by atoms with Crippen LogP contribution in [0.4, 0.5) is 16.4 Å². The zero-order valence-corrected chi connectivity index (χ0v) is 16.2. The van der Waals surface area contributed by atoms with E-state index < -0.39 is 10.8 Å². The number of nitrogens with zero attached hydrogens (tertiary/aromatic N) is 3. The first-order chi connectivity index (χ1) is 13.6. The number of hydrazone groups is 1. The minimum atomic E-state index is -0.517. The van der Waals surface area contributed by atoms with Crippen molar-refractivity contribution < 1.29 is 14.5 Å². The zero-order chi connectivity index (χ0) is 19.9. The lowest BCUT2D eigenvalue weighted by Crippen LogP contribution is -2.35. The second-order valence-electron chi connectivity index (χ2n) is 5.99. The number of rotatable bonds is 7. The number of hydrogen-bond acceptors (Lipinski definition) is 8. The van der Waals surface area contributed by atoms with Gasteiger partial charge >= 0.3 is 0 Å². The van der Waals surface area contributed by atoms with Crippen LogP contribution in [0.5, 0.6) is 0 Å². The number of hydrogen-bond donors (Lipinski definition) is 2. The predicted octanol–water partition coefficient (Wildman–Crippen LogP) is 2.69. The van der Waals surface area contributed by atoms with Crippen LogP contribution in [0.3, 0.4) is 0 Å². The van der Waals surface area contributed by atoms with E-state index in [0.29, 0.717) is 12.2 Å². The summed E-state index contributed by atoms with van der Waals surface area (Å²) in [7, 11) is 0. The summed E-state index contributed by atoms with van der Waals surface area (Å²) in [6.45, 7) is 5.54. The number of thiophene rings is 1. The van der Waals surface area contributed by atoms with Gasteiger partial charge in [-0.25, -0.2) is 5.43 Å². The van der Waals surface area contributed by atoms with E-state index in [1.165, 1.54) is 18.2 Å². The highest BCUT2D eigenvalue weighted by atomic mass is 32.1. The van der Waals surface area contributed by atoms with Gasteiger partial charge < -0.3 is 15.0 Å². The summed E-state index contributed by atoms with van der Waals surface area (Å²) in [6.07, 6.45) is 1.56. The number of nitrogens with one attached hydrogen (secondary N) is 2. The van der Waals surface area contributed by atoms with Crippen LogP contribution in [0.15, 0.2) is 35.4 Å². The average molecular weight is 403 g/mol. The molecule has 2 N–H and O–H groups in total. The standard InChI is InChI=1S/C18H21N5O4S/c1-2-19-15-5-3-13(11-16(15)23(25)26)18(24)21-20-12-14-4-6-17(28-14)22-7-9-27-10-8-22/h3-6,11-12,19H,2,7-10H2,1H3,(H,21,24)/b20-12+.